The minimum Gasteiger partial charge on any atom is -0.464 e. The quantitative estimate of drug-likeness (QED) is 0.592. The Balaban J connectivity index is 2.48. The molecule has 0 heterocycles. The first kappa shape index (κ1) is 15.5. The van der Waals surface area contributed by atoms with Crippen molar-refractivity contribution in [1.29, 1.82) is 0 Å². The fraction of sp³-hybridized carbons (Fsp3) is 0.462. The van der Waals surface area contributed by atoms with Gasteiger partial charge in [0, 0.05) is 0 Å². The van der Waals surface area contributed by atoms with E-state index in [-0.39, 0.29) is 31.8 Å². The van der Waals surface area contributed by atoms with Gasteiger partial charge in [0.2, 0.25) is 0 Å². The molecule has 0 radical (unpaired) electrons. The molecule has 1 rings (SSSR count). The molecule has 0 aliphatic rings. The van der Waals surface area contributed by atoms with Crippen LogP contribution in [0.4, 0.5) is 13.2 Å². The van der Waals surface area contributed by atoms with E-state index in [1.54, 1.807) is 6.92 Å². The first-order valence-electron chi connectivity index (χ1n) is 5.83. The molecule has 0 saturated heterocycles. The van der Waals surface area contributed by atoms with Gasteiger partial charge in [0.1, 0.15) is 6.61 Å². The van der Waals surface area contributed by atoms with E-state index < -0.39 is 17.7 Å². The molecule has 1 aromatic carbocycles. The van der Waals surface area contributed by atoms with Crippen LogP contribution in [0.25, 0.3) is 0 Å². The van der Waals surface area contributed by atoms with Crippen LogP contribution in [0.2, 0.25) is 0 Å². The molecule has 0 bridgehead atoms. The highest BCUT2D eigenvalue weighted by atomic mass is 19.4. The summed E-state index contributed by atoms with van der Waals surface area (Å²) in [5, 5.41) is 0. The Hall–Kier alpha value is -1.56. The van der Waals surface area contributed by atoms with Gasteiger partial charge in [-0.15, -0.1) is 0 Å². The van der Waals surface area contributed by atoms with E-state index >= 15 is 0 Å². The number of hydrogen-bond acceptors (Lipinski definition) is 3. The highest BCUT2D eigenvalue weighted by Gasteiger charge is 2.32. The normalized spacial score (nSPS) is 11.4. The summed E-state index contributed by atoms with van der Waals surface area (Å²) in [6.07, 6.45) is -4.28. The largest absolute Gasteiger partial charge is 0.464 e. The molecule has 0 fully saturated rings. The van der Waals surface area contributed by atoms with Crippen molar-refractivity contribution in [3.63, 3.8) is 0 Å². The number of esters is 1. The molecule has 0 aromatic heterocycles. The maximum absolute atomic E-state index is 12.7. The molecule has 0 unspecified atom stereocenters. The zero-order valence-corrected chi connectivity index (χ0v) is 10.5. The number of ether oxygens (including phenoxy) is 2. The van der Waals surface area contributed by atoms with Gasteiger partial charge in [-0.25, -0.2) is 4.79 Å². The molecule has 0 aliphatic carbocycles. The Morgan fingerprint density at radius 3 is 2.58 bits per heavy atom. The second kappa shape index (κ2) is 7.13. The predicted octanol–water partition coefficient (Wildman–Crippen LogP) is 2.83. The molecule has 1 aromatic rings. The lowest BCUT2D eigenvalue weighted by atomic mass is 10.0. The van der Waals surface area contributed by atoms with Crippen molar-refractivity contribution in [1.82, 2.24) is 0 Å². The van der Waals surface area contributed by atoms with E-state index in [9.17, 15) is 18.0 Å². The summed E-state index contributed by atoms with van der Waals surface area (Å²) in [6, 6.07) is 5.30. The highest BCUT2D eigenvalue weighted by Crippen LogP contribution is 2.31. The third-order valence-corrected chi connectivity index (χ3v) is 2.36. The van der Waals surface area contributed by atoms with Gasteiger partial charge in [0.15, 0.2) is 0 Å². The summed E-state index contributed by atoms with van der Waals surface area (Å²) in [7, 11) is 0. The SMILES string of the molecule is CCOC(=O)COCCc1ccccc1C(F)(F)F. The fourth-order valence-corrected chi connectivity index (χ4v) is 1.56. The van der Waals surface area contributed by atoms with Gasteiger partial charge in [-0.2, -0.15) is 13.2 Å². The number of alkyl halides is 3. The van der Waals surface area contributed by atoms with Crippen molar-refractivity contribution in [2.24, 2.45) is 0 Å². The Labute approximate surface area is 109 Å². The van der Waals surface area contributed by atoms with Crippen molar-refractivity contribution in [3.05, 3.63) is 35.4 Å². The Kier molecular flexibility index (Phi) is 5.82. The lowest BCUT2D eigenvalue weighted by molar-refractivity contribution is -0.148. The summed E-state index contributed by atoms with van der Waals surface area (Å²) in [4.78, 5) is 11.0. The molecule has 3 nitrogen and oxygen atoms in total. The number of carbonyl (C=O) groups is 1. The molecular formula is C13H15F3O3. The number of rotatable bonds is 6. The van der Waals surface area contributed by atoms with Crippen LogP contribution in [-0.2, 0) is 26.9 Å². The summed E-state index contributed by atoms with van der Waals surface area (Å²) < 4.78 is 47.6. The minimum atomic E-state index is -4.38. The van der Waals surface area contributed by atoms with Crippen molar-refractivity contribution in [3.8, 4) is 0 Å². The van der Waals surface area contributed by atoms with Gasteiger partial charge in [-0.3, -0.25) is 0 Å². The van der Waals surface area contributed by atoms with E-state index in [0.717, 1.165) is 6.07 Å². The number of halogens is 3. The first-order valence-corrected chi connectivity index (χ1v) is 5.83. The predicted molar refractivity (Wildman–Crippen MR) is 62.6 cm³/mol. The summed E-state index contributed by atoms with van der Waals surface area (Å²) in [6.45, 7) is 1.70. The van der Waals surface area contributed by atoms with Gasteiger partial charge in [0.25, 0.3) is 0 Å². The Morgan fingerprint density at radius 2 is 1.95 bits per heavy atom. The van der Waals surface area contributed by atoms with Crippen LogP contribution in [0.3, 0.4) is 0 Å². The molecule has 19 heavy (non-hydrogen) atoms. The zero-order chi connectivity index (χ0) is 14.3. The Bertz CT molecular complexity index is 416. The monoisotopic (exact) mass is 276 g/mol. The van der Waals surface area contributed by atoms with Crippen molar-refractivity contribution in [2.75, 3.05) is 19.8 Å². The molecule has 0 atom stereocenters. The van der Waals surface area contributed by atoms with E-state index in [4.69, 9.17) is 4.74 Å². The van der Waals surface area contributed by atoms with Crippen LogP contribution < -0.4 is 0 Å². The third-order valence-electron chi connectivity index (χ3n) is 2.36. The fourth-order valence-electron chi connectivity index (χ4n) is 1.56. The standard InChI is InChI=1S/C13H15F3O3/c1-2-19-12(17)9-18-8-7-10-5-3-4-6-11(10)13(14,15)16/h3-6H,2,7-9H2,1H3. The van der Waals surface area contributed by atoms with Crippen LogP contribution >= 0.6 is 0 Å². The third kappa shape index (κ3) is 5.30. The van der Waals surface area contributed by atoms with E-state index in [2.05, 4.69) is 4.74 Å². The number of hydrogen-bond donors (Lipinski definition) is 0. The molecule has 6 heteroatoms. The smallest absolute Gasteiger partial charge is 0.416 e. The molecule has 0 spiro atoms. The van der Waals surface area contributed by atoms with Gasteiger partial charge in [-0.1, -0.05) is 18.2 Å². The van der Waals surface area contributed by atoms with Crippen LogP contribution in [0.5, 0.6) is 0 Å². The van der Waals surface area contributed by atoms with Crippen LogP contribution in [0.1, 0.15) is 18.1 Å². The minimum absolute atomic E-state index is 0.0336. The highest BCUT2D eigenvalue weighted by molar-refractivity contribution is 5.70. The number of benzene rings is 1. The molecule has 0 amide bonds. The zero-order valence-electron chi connectivity index (χ0n) is 10.5. The van der Waals surface area contributed by atoms with E-state index in [1.807, 2.05) is 0 Å². The topological polar surface area (TPSA) is 35.5 Å². The maximum Gasteiger partial charge on any atom is 0.416 e. The van der Waals surface area contributed by atoms with E-state index in [0.29, 0.717) is 0 Å². The second-order valence-electron chi connectivity index (χ2n) is 3.76. The van der Waals surface area contributed by atoms with Crippen molar-refractivity contribution >= 4 is 5.97 Å². The second-order valence-corrected chi connectivity index (χ2v) is 3.76. The summed E-state index contributed by atoms with van der Waals surface area (Å²) >= 11 is 0. The van der Waals surface area contributed by atoms with Crippen molar-refractivity contribution in [2.45, 2.75) is 19.5 Å². The average molecular weight is 276 g/mol. The molecular weight excluding hydrogens is 261 g/mol. The summed E-state index contributed by atoms with van der Waals surface area (Å²) in [5.74, 6) is -0.522. The lowest BCUT2D eigenvalue weighted by Crippen LogP contribution is -2.15. The average Bonchev–Trinajstić information content (AvgIpc) is 2.34. The molecule has 106 valence electrons. The number of carbonyl (C=O) groups excluding carboxylic acids is 1. The molecule has 0 saturated carbocycles. The maximum atomic E-state index is 12.7. The van der Waals surface area contributed by atoms with Crippen molar-refractivity contribution < 1.29 is 27.4 Å². The van der Waals surface area contributed by atoms with Gasteiger partial charge in [-0.05, 0) is 25.0 Å². The molecule has 0 N–H and O–H groups in total. The van der Waals surface area contributed by atoms with Gasteiger partial charge >= 0.3 is 12.1 Å². The van der Waals surface area contributed by atoms with Gasteiger partial charge < -0.3 is 9.47 Å². The van der Waals surface area contributed by atoms with Crippen LogP contribution in [-0.4, -0.2) is 25.8 Å². The van der Waals surface area contributed by atoms with Crippen LogP contribution in [0.15, 0.2) is 24.3 Å². The first-order chi connectivity index (χ1) is 8.95. The Morgan fingerprint density at radius 1 is 1.26 bits per heavy atom. The van der Waals surface area contributed by atoms with Crippen LogP contribution in [0, 0.1) is 0 Å². The van der Waals surface area contributed by atoms with E-state index in [1.165, 1.54) is 18.2 Å². The lowest BCUT2D eigenvalue weighted by Gasteiger charge is -2.12. The summed E-state index contributed by atoms with van der Waals surface area (Å²) in [5.41, 5.74) is -0.520. The van der Waals surface area contributed by atoms with Gasteiger partial charge in [0.05, 0.1) is 18.8 Å². The molecule has 0 aliphatic heterocycles.